The first-order valence-electron chi connectivity index (χ1n) is 5.58. The molecule has 98 valence electrons. The second-order valence-electron chi connectivity index (χ2n) is 3.62. The molecule has 0 unspecified atom stereocenters. The summed E-state index contributed by atoms with van der Waals surface area (Å²) in [7, 11) is 0. The number of benzene rings is 1. The SMILES string of the molecule is CCNC(=O)CCNC(=O)c1ccc(Br)cc1S. The molecule has 2 N–H and O–H groups in total. The van der Waals surface area contributed by atoms with Gasteiger partial charge in [-0.05, 0) is 25.1 Å². The molecule has 0 aliphatic heterocycles. The van der Waals surface area contributed by atoms with Gasteiger partial charge < -0.3 is 10.6 Å². The number of rotatable bonds is 5. The summed E-state index contributed by atoms with van der Waals surface area (Å²) in [6, 6.07) is 5.22. The molecule has 0 aliphatic rings. The molecule has 0 fully saturated rings. The quantitative estimate of drug-likeness (QED) is 0.723. The van der Waals surface area contributed by atoms with Gasteiger partial charge in [-0.2, -0.15) is 0 Å². The average molecular weight is 331 g/mol. The minimum absolute atomic E-state index is 0.0697. The molecule has 1 rings (SSSR count). The number of hydrogen-bond donors (Lipinski definition) is 3. The Morgan fingerprint density at radius 3 is 2.67 bits per heavy atom. The third kappa shape index (κ3) is 4.70. The predicted octanol–water partition coefficient (Wildman–Crippen LogP) is 1.99. The molecule has 4 nitrogen and oxygen atoms in total. The monoisotopic (exact) mass is 330 g/mol. The fraction of sp³-hybridized carbons (Fsp3) is 0.333. The van der Waals surface area contributed by atoms with Crippen molar-refractivity contribution < 1.29 is 9.59 Å². The first kappa shape index (κ1) is 15.0. The van der Waals surface area contributed by atoms with Gasteiger partial charge in [0.15, 0.2) is 0 Å². The van der Waals surface area contributed by atoms with E-state index >= 15 is 0 Å². The lowest BCUT2D eigenvalue weighted by Crippen LogP contribution is -2.30. The topological polar surface area (TPSA) is 58.2 Å². The number of carbonyl (C=O) groups excluding carboxylic acids is 2. The van der Waals surface area contributed by atoms with Crippen molar-refractivity contribution in [3.63, 3.8) is 0 Å². The average Bonchev–Trinajstić information content (AvgIpc) is 2.29. The maximum Gasteiger partial charge on any atom is 0.252 e. The molecular weight excluding hydrogens is 316 g/mol. The van der Waals surface area contributed by atoms with Crippen LogP contribution in [0.5, 0.6) is 0 Å². The number of halogens is 1. The Labute approximate surface area is 120 Å². The number of carbonyl (C=O) groups is 2. The van der Waals surface area contributed by atoms with Gasteiger partial charge in [-0.3, -0.25) is 9.59 Å². The largest absolute Gasteiger partial charge is 0.356 e. The summed E-state index contributed by atoms with van der Waals surface area (Å²) in [5.74, 6) is -0.295. The first-order chi connectivity index (χ1) is 8.54. The zero-order valence-corrected chi connectivity index (χ0v) is 12.5. The maximum absolute atomic E-state index is 11.8. The van der Waals surface area contributed by atoms with Gasteiger partial charge in [-0.15, -0.1) is 12.6 Å². The number of thiol groups is 1. The molecule has 0 radical (unpaired) electrons. The zero-order chi connectivity index (χ0) is 13.5. The molecule has 0 saturated heterocycles. The summed E-state index contributed by atoms with van der Waals surface area (Å²) in [6.07, 6.45) is 0.276. The lowest BCUT2D eigenvalue weighted by atomic mass is 10.2. The van der Waals surface area contributed by atoms with Crippen molar-refractivity contribution in [3.05, 3.63) is 28.2 Å². The Kier molecular flexibility index (Phi) is 6.21. The van der Waals surface area contributed by atoms with Gasteiger partial charge in [0, 0.05) is 28.9 Å². The highest BCUT2D eigenvalue weighted by molar-refractivity contribution is 9.10. The summed E-state index contributed by atoms with van der Waals surface area (Å²) >= 11 is 7.53. The van der Waals surface area contributed by atoms with Gasteiger partial charge in [0.2, 0.25) is 5.91 Å². The maximum atomic E-state index is 11.8. The molecule has 0 aliphatic carbocycles. The van der Waals surface area contributed by atoms with Crippen LogP contribution in [-0.2, 0) is 4.79 Å². The molecule has 0 heterocycles. The van der Waals surface area contributed by atoms with Gasteiger partial charge >= 0.3 is 0 Å². The number of nitrogens with one attached hydrogen (secondary N) is 2. The van der Waals surface area contributed by atoms with Crippen molar-refractivity contribution in [1.82, 2.24) is 10.6 Å². The fourth-order valence-corrected chi connectivity index (χ4v) is 2.22. The Balaban J connectivity index is 2.48. The van der Waals surface area contributed by atoms with E-state index in [1.165, 1.54) is 0 Å². The molecule has 0 atom stereocenters. The van der Waals surface area contributed by atoms with Crippen molar-refractivity contribution in [2.75, 3.05) is 13.1 Å². The Hall–Kier alpha value is -1.01. The van der Waals surface area contributed by atoms with Gasteiger partial charge in [0.25, 0.3) is 5.91 Å². The van der Waals surface area contributed by atoms with E-state index in [9.17, 15) is 9.59 Å². The Bertz CT molecular complexity index is 452. The third-order valence-corrected chi connectivity index (χ3v) is 3.08. The molecule has 0 bridgehead atoms. The second-order valence-corrected chi connectivity index (χ2v) is 5.02. The molecule has 0 saturated carbocycles. The number of amides is 2. The predicted molar refractivity (Wildman–Crippen MR) is 77.0 cm³/mol. The molecule has 0 aromatic heterocycles. The van der Waals surface area contributed by atoms with Crippen LogP contribution in [-0.4, -0.2) is 24.9 Å². The second kappa shape index (κ2) is 7.43. The highest BCUT2D eigenvalue weighted by atomic mass is 79.9. The normalized spacial score (nSPS) is 9.94. The van der Waals surface area contributed by atoms with Crippen LogP contribution in [0.1, 0.15) is 23.7 Å². The van der Waals surface area contributed by atoms with E-state index < -0.39 is 0 Å². The molecule has 6 heteroatoms. The zero-order valence-electron chi connectivity index (χ0n) is 10.00. The smallest absolute Gasteiger partial charge is 0.252 e. The molecule has 2 amide bonds. The van der Waals surface area contributed by atoms with E-state index in [1.54, 1.807) is 18.2 Å². The molecule has 18 heavy (non-hydrogen) atoms. The van der Waals surface area contributed by atoms with Gasteiger partial charge in [0.1, 0.15) is 0 Å². The van der Waals surface area contributed by atoms with E-state index in [-0.39, 0.29) is 18.2 Å². The highest BCUT2D eigenvalue weighted by Gasteiger charge is 2.09. The van der Waals surface area contributed by atoms with Crippen LogP contribution in [0.15, 0.2) is 27.6 Å². The van der Waals surface area contributed by atoms with Crippen molar-refractivity contribution in [2.24, 2.45) is 0 Å². The Morgan fingerprint density at radius 1 is 1.33 bits per heavy atom. The van der Waals surface area contributed by atoms with E-state index in [0.717, 1.165) is 4.47 Å². The lowest BCUT2D eigenvalue weighted by Gasteiger charge is -2.07. The minimum Gasteiger partial charge on any atom is -0.356 e. The van der Waals surface area contributed by atoms with E-state index in [4.69, 9.17) is 0 Å². The van der Waals surface area contributed by atoms with Gasteiger partial charge in [0.05, 0.1) is 5.56 Å². The van der Waals surface area contributed by atoms with Gasteiger partial charge in [-0.1, -0.05) is 15.9 Å². The third-order valence-electron chi connectivity index (χ3n) is 2.22. The molecular formula is C12H15BrN2O2S. The van der Waals surface area contributed by atoms with Crippen LogP contribution in [0.4, 0.5) is 0 Å². The van der Waals surface area contributed by atoms with Crippen LogP contribution < -0.4 is 10.6 Å². The fourth-order valence-electron chi connectivity index (χ4n) is 1.37. The lowest BCUT2D eigenvalue weighted by molar-refractivity contribution is -0.120. The van der Waals surface area contributed by atoms with Crippen molar-refractivity contribution in [3.8, 4) is 0 Å². The van der Waals surface area contributed by atoms with Gasteiger partial charge in [-0.25, -0.2) is 0 Å². The standard InChI is InChI=1S/C12H15BrN2O2S/c1-2-14-11(16)5-6-15-12(17)9-4-3-8(13)7-10(9)18/h3-4,7,18H,2,5-6H2,1H3,(H,14,16)(H,15,17). The summed E-state index contributed by atoms with van der Waals surface area (Å²) in [5, 5.41) is 5.35. The minimum atomic E-state index is -0.225. The van der Waals surface area contributed by atoms with E-state index in [1.807, 2.05) is 6.92 Å². The Morgan fingerprint density at radius 2 is 2.06 bits per heavy atom. The van der Waals surface area contributed by atoms with Crippen molar-refractivity contribution in [1.29, 1.82) is 0 Å². The summed E-state index contributed by atoms with van der Waals surface area (Å²) < 4.78 is 0.867. The van der Waals surface area contributed by atoms with E-state index in [2.05, 4.69) is 39.2 Å². The summed E-state index contributed by atoms with van der Waals surface area (Å²) in [5.41, 5.74) is 0.498. The molecule has 1 aromatic carbocycles. The summed E-state index contributed by atoms with van der Waals surface area (Å²) in [6.45, 7) is 2.76. The van der Waals surface area contributed by atoms with Crippen molar-refractivity contribution >= 4 is 40.4 Å². The molecule has 1 aromatic rings. The van der Waals surface area contributed by atoms with Crippen molar-refractivity contribution in [2.45, 2.75) is 18.2 Å². The van der Waals surface area contributed by atoms with Crippen LogP contribution in [0.3, 0.4) is 0 Å². The van der Waals surface area contributed by atoms with Crippen LogP contribution >= 0.6 is 28.6 Å². The van der Waals surface area contributed by atoms with Crippen LogP contribution in [0.2, 0.25) is 0 Å². The van der Waals surface area contributed by atoms with Crippen LogP contribution in [0.25, 0.3) is 0 Å². The van der Waals surface area contributed by atoms with E-state index in [0.29, 0.717) is 23.5 Å². The summed E-state index contributed by atoms with van der Waals surface area (Å²) in [4.78, 5) is 23.6. The first-order valence-corrected chi connectivity index (χ1v) is 6.82. The van der Waals surface area contributed by atoms with Crippen LogP contribution in [0, 0.1) is 0 Å². The number of hydrogen-bond acceptors (Lipinski definition) is 3. The highest BCUT2D eigenvalue weighted by Crippen LogP contribution is 2.19. The molecule has 0 spiro atoms.